The molecule has 4 rings (SSSR count). The third-order valence-corrected chi connectivity index (χ3v) is 6.54. The third-order valence-electron chi connectivity index (χ3n) is 6.54. The first kappa shape index (κ1) is 24.4. The van der Waals surface area contributed by atoms with Gasteiger partial charge < -0.3 is 14.3 Å². The molecule has 0 radical (unpaired) electrons. The van der Waals surface area contributed by atoms with E-state index in [2.05, 4.69) is 26.1 Å². The summed E-state index contributed by atoms with van der Waals surface area (Å²) in [6, 6.07) is 13.3. The highest BCUT2D eigenvalue weighted by atomic mass is 16.6. The fourth-order valence-corrected chi connectivity index (χ4v) is 4.61. The molecule has 0 N–H and O–H groups in total. The molecule has 1 saturated carbocycles. The molecule has 182 valence electrons. The van der Waals surface area contributed by atoms with E-state index >= 15 is 0 Å². The highest BCUT2D eigenvalue weighted by Crippen LogP contribution is 2.34. The molecule has 0 amide bonds. The number of nitrogens with zero attached hydrogens (tertiary/aromatic N) is 6. The second-order valence-corrected chi connectivity index (χ2v) is 10.1. The maximum atomic E-state index is 12.7. The first-order valence-electron chi connectivity index (χ1n) is 12.0. The van der Waals surface area contributed by atoms with Gasteiger partial charge in [-0.25, -0.2) is 4.98 Å². The van der Waals surface area contributed by atoms with Crippen LogP contribution in [-0.2, 0) is 11.9 Å². The van der Waals surface area contributed by atoms with Crippen molar-refractivity contribution in [3.63, 3.8) is 0 Å². The van der Waals surface area contributed by atoms with Crippen molar-refractivity contribution in [3.05, 3.63) is 64.3 Å². The minimum absolute atomic E-state index is 0.0940. The number of fused-ring (bicyclic) bond motifs is 1. The predicted molar refractivity (Wildman–Crippen MR) is 137 cm³/mol. The molecule has 0 bridgehead atoms. The molecule has 0 spiro atoms. The molecular weight excluding hydrogens is 440 g/mol. The Labute approximate surface area is 205 Å². The van der Waals surface area contributed by atoms with Gasteiger partial charge in [0, 0.05) is 38.3 Å². The van der Waals surface area contributed by atoms with E-state index in [1.165, 1.54) is 0 Å². The molecular formula is C27H32N6O2. The summed E-state index contributed by atoms with van der Waals surface area (Å²) in [6.07, 6.45) is 5.49. The number of oxime groups is 1. The molecule has 1 fully saturated rings. The first-order valence-corrected chi connectivity index (χ1v) is 12.0. The molecule has 0 aromatic carbocycles. The van der Waals surface area contributed by atoms with E-state index in [0.717, 1.165) is 48.3 Å². The Balaban J connectivity index is 1.59. The molecule has 1 aliphatic rings. The monoisotopic (exact) mass is 472 g/mol. The number of aryl methyl sites for hydroxylation is 1. The Kier molecular flexibility index (Phi) is 6.88. The minimum atomic E-state index is -0.382. The highest BCUT2D eigenvalue weighted by molar-refractivity contribution is 6.00. The van der Waals surface area contributed by atoms with Crippen LogP contribution in [0.1, 0.15) is 57.8 Å². The van der Waals surface area contributed by atoms with Gasteiger partial charge in [-0.3, -0.25) is 9.78 Å². The quantitative estimate of drug-likeness (QED) is 0.403. The molecule has 8 nitrogen and oxygen atoms in total. The van der Waals surface area contributed by atoms with Crippen molar-refractivity contribution < 1.29 is 4.84 Å². The number of nitriles is 1. The van der Waals surface area contributed by atoms with Gasteiger partial charge in [-0.2, -0.15) is 5.26 Å². The summed E-state index contributed by atoms with van der Waals surface area (Å²) < 4.78 is 1.57. The van der Waals surface area contributed by atoms with E-state index in [4.69, 9.17) is 4.84 Å². The summed E-state index contributed by atoms with van der Waals surface area (Å²) in [6.45, 7) is 5.95. The molecule has 0 atom stereocenters. The Morgan fingerprint density at radius 1 is 1.20 bits per heavy atom. The van der Waals surface area contributed by atoms with Gasteiger partial charge in [-0.1, -0.05) is 11.2 Å². The fourth-order valence-electron chi connectivity index (χ4n) is 4.61. The van der Waals surface area contributed by atoms with Gasteiger partial charge in [0.2, 0.25) is 0 Å². The fraction of sp³-hybridized carbons (Fsp3) is 0.444. The minimum Gasteiger partial charge on any atom is -0.390 e. The summed E-state index contributed by atoms with van der Waals surface area (Å²) in [5.74, 6) is 0.237. The molecule has 3 aromatic rings. The lowest BCUT2D eigenvalue weighted by atomic mass is 9.81. The van der Waals surface area contributed by atoms with Crippen molar-refractivity contribution >= 4 is 22.4 Å². The van der Waals surface area contributed by atoms with Crippen molar-refractivity contribution in [1.29, 1.82) is 5.26 Å². The van der Waals surface area contributed by atoms with Crippen molar-refractivity contribution in [1.82, 2.24) is 14.5 Å². The van der Waals surface area contributed by atoms with Gasteiger partial charge >= 0.3 is 0 Å². The van der Waals surface area contributed by atoms with Gasteiger partial charge in [0.05, 0.1) is 16.9 Å². The lowest BCUT2D eigenvalue weighted by molar-refractivity contribution is -0.0000710. The van der Waals surface area contributed by atoms with Gasteiger partial charge in [-0.05, 0) is 70.7 Å². The van der Waals surface area contributed by atoms with Crippen molar-refractivity contribution in [2.45, 2.75) is 58.1 Å². The van der Waals surface area contributed by atoms with E-state index in [0.29, 0.717) is 11.2 Å². The summed E-state index contributed by atoms with van der Waals surface area (Å²) in [4.78, 5) is 29.7. The molecule has 8 heteroatoms. The van der Waals surface area contributed by atoms with Crippen LogP contribution in [0.5, 0.6) is 0 Å². The number of rotatable bonds is 5. The third kappa shape index (κ3) is 5.35. The van der Waals surface area contributed by atoms with Gasteiger partial charge in [0.15, 0.2) is 0 Å². The Morgan fingerprint density at radius 2 is 1.94 bits per heavy atom. The summed E-state index contributed by atoms with van der Waals surface area (Å²) in [5, 5.41) is 13.9. The summed E-state index contributed by atoms with van der Waals surface area (Å²) in [5.41, 5.74) is 3.75. The van der Waals surface area contributed by atoms with Crippen molar-refractivity contribution in [2.24, 2.45) is 18.1 Å². The summed E-state index contributed by atoms with van der Waals surface area (Å²) in [7, 11) is 3.74. The molecule has 3 aromatic heterocycles. The van der Waals surface area contributed by atoms with Crippen molar-refractivity contribution in [2.75, 3.05) is 11.9 Å². The molecule has 35 heavy (non-hydrogen) atoms. The van der Waals surface area contributed by atoms with Crippen LogP contribution in [-0.4, -0.2) is 38.9 Å². The Morgan fingerprint density at radius 3 is 2.57 bits per heavy atom. The number of hydrogen-bond acceptors (Lipinski definition) is 7. The largest absolute Gasteiger partial charge is 0.390 e. The normalized spacial score (nSPS) is 18.8. The first-order chi connectivity index (χ1) is 16.7. The van der Waals surface area contributed by atoms with Crippen molar-refractivity contribution in [3.8, 4) is 6.07 Å². The van der Waals surface area contributed by atoms with Crippen LogP contribution in [0.15, 0.2) is 52.5 Å². The SMILES string of the molecule is CN(c1cc(=O)n(C)c2ccc(C#N)nc12)C1CCC(/C(=N/OC(C)(C)C)c2ccccn2)CC1. The summed E-state index contributed by atoms with van der Waals surface area (Å²) >= 11 is 0. The second-order valence-electron chi connectivity index (χ2n) is 10.1. The zero-order valence-electron chi connectivity index (χ0n) is 21.0. The van der Waals surface area contributed by atoms with Gasteiger partial charge in [-0.15, -0.1) is 0 Å². The second kappa shape index (κ2) is 9.87. The number of hydrogen-bond donors (Lipinski definition) is 0. The zero-order valence-corrected chi connectivity index (χ0v) is 21.0. The average Bonchev–Trinajstić information content (AvgIpc) is 2.86. The molecule has 3 heterocycles. The molecule has 0 aliphatic heterocycles. The number of anilines is 1. The van der Waals surface area contributed by atoms with Crippen LogP contribution in [0.2, 0.25) is 0 Å². The number of aromatic nitrogens is 3. The Hall–Kier alpha value is -3.73. The lowest BCUT2D eigenvalue weighted by Crippen LogP contribution is -2.38. The molecule has 1 aliphatic carbocycles. The van der Waals surface area contributed by atoms with Crippen LogP contribution in [0.25, 0.3) is 11.0 Å². The lowest BCUT2D eigenvalue weighted by Gasteiger charge is -2.36. The van der Waals surface area contributed by atoms with Crippen LogP contribution in [0.4, 0.5) is 5.69 Å². The Bertz CT molecular complexity index is 1330. The average molecular weight is 473 g/mol. The smallest absolute Gasteiger partial charge is 0.252 e. The van der Waals surface area contributed by atoms with Crippen LogP contribution >= 0.6 is 0 Å². The van der Waals surface area contributed by atoms with E-state index in [1.807, 2.05) is 46.0 Å². The molecule has 0 saturated heterocycles. The van der Waals surface area contributed by atoms with E-state index in [9.17, 15) is 10.1 Å². The van der Waals surface area contributed by atoms with Crippen LogP contribution < -0.4 is 10.5 Å². The van der Waals surface area contributed by atoms with Gasteiger partial charge in [0.1, 0.15) is 28.6 Å². The maximum Gasteiger partial charge on any atom is 0.252 e. The molecule has 0 unspecified atom stereocenters. The van der Waals surface area contributed by atoms with E-state index in [-0.39, 0.29) is 23.1 Å². The standard InChI is InChI=1S/C27H32N6O2/c1-27(2,3)35-31-25(21-8-6-7-15-29-21)18-9-12-20(13-10-18)32(4)23-16-24(34)33(5)22-14-11-19(17-28)30-26(22)23/h6-8,11,14-16,18,20H,9-10,12-13H2,1-5H3/b31-25-. The van der Waals surface area contributed by atoms with E-state index < -0.39 is 0 Å². The maximum absolute atomic E-state index is 12.7. The van der Waals surface area contributed by atoms with Crippen LogP contribution in [0, 0.1) is 17.2 Å². The topological polar surface area (TPSA) is 96.4 Å². The van der Waals surface area contributed by atoms with Crippen LogP contribution in [0.3, 0.4) is 0 Å². The zero-order chi connectivity index (χ0) is 25.2. The van der Waals surface area contributed by atoms with Gasteiger partial charge in [0.25, 0.3) is 5.56 Å². The number of pyridine rings is 3. The predicted octanol–water partition coefficient (Wildman–Crippen LogP) is 4.41. The van der Waals surface area contributed by atoms with E-state index in [1.54, 1.807) is 36.0 Å². The highest BCUT2D eigenvalue weighted by Gasteiger charge is 2.30.